The molecule has 0 spiro atoms. The van der Waals surface area contributed by atoms with Crippen molar-refractivity contribution in [1.82, 2.24) is 5.32 Å². The second kappa shape index (κ2) is 6.10. The molecule has 1 unspecified atom stereocenters. The van der Waals surface area contributed by atoms with E-state index in [-0.39, 0.29) is 12.5 Å². The summed E-state index contributed by atoms with van der Waals surface area (Å²) in [4.78, 5) is 11.8. The van der Waals surface area contributed by atoms with E-state index in [1.807, 2.05) is 0 Å². The van der Waals surface area contributed by atoms with Gasteiger partial charge in [-0.15, -0.1) is 0 Å². The summed E-state index contributed by atoms with van der Waals surface area (Å²) >= 11 is 0. The highest BCUT2D eigenvalue weighted by Gasteiger charge is 2.13. The fraction of sp³-hybridized carbons (Fsp3) is 0.417. The van der Waals surface area contributed by atoms with Gasteiger partial charge in [0.1, 0.15) is 11.5 Å². The van der Waals surface area contributed by atoms with Crippen molar-refractivity contribution < 1.29 is 19.4 Å². The summed E-state index contributed by atoms with van der Waals surface area (Å²) in [7, 11) is 3.02. The van der Waals surface area contributed by atoms with Crippen molar-refractivity contribution in [1.29, 1.82) is 0 Å². The van der Waals surface area contributed by atoms with Gasteiger partial charge in [0.15, 0.2) is 0 Å². The number of hydrogen-bond donors (Lipinski definition) is 2. The van der Waals surface area contributed by atoms with Gasteiger partial charge in [0.05, 0.1) is 25.9 Å². The minimum Gasteiger partial charge on any atom is -0.497 e. The lowest BCUT2D eigenvalue weighted by Gasteiger charge is -2.11. The number of ether oxygens (including phenoxy) is 2. The van der Waals surface area contributed by atoms with Crippen molar-refractivity contribution in [3.63, 3.8) is 0 Å². The quantitative estimate of drug-likeness (QED) is 0.798. The normalized spacial score (nSPS) is 11.8. The van der Waals surface area contributed by atoms with Crippen LogP contribution in [-0.2, 0) is 0 Å². The fourth-order valence-corrected chi connectivity index (χ4v) is 1.33. The van der Waals surface area contributed by atoms with Crippen molar-refractivity contribution in [2.75, 3.05) is 20.8 Å². The van der Waals surface area contributed by atoms with Gasteiger partial charge in [0.25, 0.3) is 5.91 Å². The number of carbonyl (C=O) groups is 1. The maximum atomic E-state index is 11.8. The minimum absolute atomic E-state index is 0.194. The van der Waals surface area contributed by atoms with Crippen LogP contribution in [0.2, 0.25) is 0 Å². The average Bonchev–Trinajstić information content (AvgIpc) is 2.34. The third kappa shape index (κ3) is 3.64. The van der Waals surface area contributed by atoms with Gasteiger partial charge in [0, 0.05) is 6.54 Å². The van der Waals surface area contributed by atoms with E-state index in [0.29, 0.717) is 17.1 Å². The van der Waals surface area contributed by atoms with Crippen LogP contribution >= 0.6 is 0 Å². The summed E-state index contributed by atoms with van der Waals surface area (Å²) in [5, 5.41) is 11.7. The van der Waals surface area contributed by atoms with Crippen molar-refractivity contribution in [2.24, 2.45) is 0 Å². The van der Waals surface area contributed by atoms with Crippen LogP contribution in [0.4, 0.5) is 0 Å². The van der Waals surface area contributed by atoms with Crippen LogP contribution in [0.3, 0.4) is 0 Å². The van der Waals surface area contributed by atoms with Gasteiger partial charge in [-0.3, -0.25) is 4.79 Å². The Labute approximate surface area is 100 Å². The lowest BCUT2D eigenvalue weighted by molar-refractivity contribution is 0.0920. The summed E-state index contributed by atoms with van der Waals surface area (Å²) in [6, 6.07) is 4.97. The van der Waals surface area contributed by atoms with Crippen LogP contribution in [0.1, 0.15) is 17.3 Å². The molecule has 17 heavy (non-hydrogen) atoms. The van der Waals surface area contributed by atoms with Crippen molar-refractivity contribution in [3.8, 4) is 11.5 Å². The molecule has 5 nitrogen and oxygen atoms in total. The first-order valence-corrected chi connectivity index (χ1v) is 5.26. The molecule has 1 aromatic rings. The van der Waals surface area contributed by atoms with E-state index in [9.17, 15) is 4.79 Å². The highest BCUT2D eigenvalue weighted by molar-refractivity contribution is 5.97. The van der Waals surface area contributed by atoms with Crippen LogP contribution in [0.15, 0.2) is 18.2 Å². The molecule has 0 saturated carbocycles. The molecule has 0 radical (unpaired) electrons. The SMILES string of the molecule is COc1ccc(OC)c(C(=O)NCC(C)O)c1. The Balaban J connectivity index is 2.89. The highest BCUT2D eigenvalue weighted by Crippen LogP contribution is 2.23. The zero-order chi connectivity index (χ0) is 12.8. The molecule has 0 aromatic heterocycles. The number of aliphatic hydroxyl groups excluding tert-OH is 1. The van der Waals surface area contributed by atoms with E-state index >= 15 is 0 Å². The predicted molar refractivity (Wildman–Crippen MR) is 63.6 cm³/mol. The van der Waals surface area contributed by atoms with Crippen molar-refractivity contribution >= 4 is 5.91 Å². The minimum atomic E-state index is -0.587. The third-order valence-corrected chi connectivity index (χ3v) is 2.21. The van der Waals surface area contributed by atoms with Crippen LogP contribution in [0.25, 0.3) is 0 Å². The average molecular weight is 239 g/mol. The highest BCUT2D eigenvalue weighted by atomic mass is 16.5. The van der Waals surface area contributed by atoms with Gasteiger partial charge >= 0.3 is 0 Å². The van der Waals surface area contributed by atoms with E-state index in [0.717, 1.165) is 0 Å². The van der Waals surface area contributed by atoms with Crippen LogP contribution in [0.5, 0.6) is 11.5 Å². The van der Waals surface area contributed by atoms with Crippen LogP contribution in [0, 0.1) is 0 Å². The Hall–Kier alpha value is -1.75. The zero-order valence-corrected chi connectivity index (χ0v) is 10.2. The Kier molecular flexibility index (Phi) is 4.78. The van der Waals surface area contributed by atoms with Gasteiger partial charge in [-0.05, 0) is 25.1 Å². The lowest BCUT2D eigenvalue weighted by Crippen LogP contribution is -2.30. The lowest BCUT2D eigenvalue weighted by atomic mass is 10.1. The molecule has 0 bridgehead atoms. The number of carbonyl (C=O) groups excluding carboxylic acids is 1. The Morgan fingerprint density at radius 1 is 1.41 bits per heavy atom. The molecule has 1 amide bonds. The second-order valence-corrected chi connectivity index (χ2v) is 3.63. The van der Waals surface area contributed by atoms with E-state index in [2.05, 4.69) is 5.32 Å². The van der Waals surface area contributed by atoms with Crippen LogP contribution < -0.4 is 14.8 Å². The number of rotatable bonds is 5. The molecule has 2 N–H and O–H groups in total. The Bertz CT molecular complexity index is 390. The molecule has 1 rings (SSSR count). The van der Waals surface area contributed by atoms with Crippen LogP contribution in [-0.4, -0.2) is 37.9 Å². The number of nitrogens with one attached hydrogen (secondary N) is 1. The molecule has 1 atom stereocenters. The molecule has 0 aliphatic carbocycles. The predicted octanol–water partition coefficient (Wildman–Crippen LogP) is 0.814. The number of methoxy groups -OCH3 is 2. The van der Waals surface area contributed by atoms with Gasteiger partial charge in [0.2, 0.25) is 0 Å². The smallest absolute Gasteiger partial charge is 0.255 e. The largest absolute Gasteiger partial charge is 0.497 e. The van der Waals surface area contributed by atoms with Crippen molar-refractivity contribution in [3.05, 3.63) is 23.8 Å². The molecule has 0 heterocycles. The molecule has 0 fully saturated rings. The molecule has 1 aromatic carbocycles. The summed E-state index contributed by atoms with van der Waals surface area (Å²) in [5.74, 6) is 0.739. The van der Waals surface area contributed by atoms with Gasteiger partial charge in [-0.1, -0.05) is 0 Å². The number of benzene rings is 1. The van der Waals surface area contributed by atoms with Gasteiger partial charge in [-0.2, -0.15) is 0 Å². The second-order valence-electron chi connectivity index (χ2n) is 3.63. The first-order valence-electron chi connectivity index (χ1n) is 5.26. The Morgan fingerprint density at radius 2 is 2.12 bits per heavy atom. The molecule has 0 aliphatic heterocycles. The molecule has 5 heteroatoms. The monoisotopic (exact) mass is 239 g/mol. The summed E-state index contributed by atoms with van der Waals surface area (Å²) in [5.41, 5.74) is 0.382. The summed E-state index contributed by atoms with van der Waals surface area (Å²) < 4.78 is 10.1. The number of hydrogen-bond acceptors (Lipinski definition) is 4. The number of amides is 1. The van der Waals surface area contributed by atoms with Crippen molar-refractivity contribution in [2.45, 2.75) is 13.0 Å². The van der Waals surface area contributed by atoms with E-state index in [1.165, 1.54) is 14.2 Å². The maximum absolute atomic E-state index is 11.8. The van der Waals surface area contributed by atoms with Gasteiger partial charge in [-0.25, -0.2) is 0 Å². The third-order valence-electron chi connectivity index (χ3n) is 2.21. The standard InChI is InChI=1S/C12H17NO4/c1-8(14)7-13-12(15)10-6-9(16-2)4-5-11(10)17-3/h4-6,8,14H,7H2,1-3H3,(H,13,15). The first kappa shape index (κ1) is 13.3. The maximum Gasteiger partial charge on any atom is 0.255 e. The topological polar surface area (TPSA) is 67.8 Å². The van der Waals surface area contributed by atoms with E-state index in [4.69, 9.17) is 14.6 Å². The summed E-state index contributed by atoms with van der Waals surface area (Å²) in [6.45, 7) is 1.79. The first-order chi connectivity index (χ1) is 8.08. The van der Waals surface area contributed by atoms with E-state index < -0.39 is 6.10 Å². The van der Waals surface area contributed by atoms with Gasteiger partial charge < -0.3 is 19.9 Å². The fourth-order valence-electron chi connectivity index (χ4n) is 1.33. The molecular weight excluding hydrogens is 222 g/mol. The van der Waals surface area contributed by atoms with E-state index in [1.54, 1.807) is 25.1 Å². The summed E-state index contributed by atoms with van der Waals surface area (Å²) in [6.07, 6.45) is -0.587. The zero-order valence-electron chi connectivity index (χ0n) is 10.2. The molecular formula is C12H17NO4. The molecule has 0 aliphatic rings. The molecule has 0 saturated heterocycles. The Morgan fingerprint density at radius 3 is 2.65 bits per heavy atom. The molecule has 94 valence electrons. The number of aliphatic hydroxyl groups is 1.